The minimum Gasteiger partial charge on any atom is -0.371 e. The van der Waals surface area contributed by atoms with Gasteiger partial charge in [0.25, 0.3) is 0 Å². The van der Waals surface area contributed by atoms with Crippen LogP contribution in [0.2, 0.25) is 0 Å². The van der Waals surface area contributed by atoms with Gasteiger partial charge >= 0.3 is 0 Å². The summed E-state index contributed by atoms with van der Waals surface area (Å²) in [6.07, 6.45) is 5.67. The zero-order valence-corrected chi connectivity index (χ0v) is 18.5. The van der Waals surface area contributed by atoms with Crippen LogP contribution in [0.5, 0.6) is 0 Å². The average molecular weight is 407 g/mol. The lowest BCUT2D eigenvalue weighted by atomic mass is 9.89. The Morgan fingerprint density at radius 2 is 1.90 bits per heavy atom. The molecule has 0 N–H and O–H groups in total. The van der Waals surface area contributed by atoms with E-state index in [1.54, 1.807) is 0 Å². The predicted octanol–water partition coefficient (Wildman–Crippen LogP) is 5.28. The van der Waals surface area contributed by atoms with Crippen molar-refractivity contribution >= 4 is 22.6 Å². The van der Waals surface area contributed by atoms with Crippen LogP contribution in [0.15, 0.2) is 41.5 Å². The monoisotopic (exact) mass is 406 g/mol. The molecule has 5 rings (SSSR count). The summed E-state index contributed by atoms with van der Waals surface area (Å²) in [5, 5.41) is 1.21. The molecule has 3 aliphatic heterocycles. The first kappa shape index (κ1) is 19.0. The van der Waals surface area contributed by atoms with Crippen LogP contribution >= 0.6 is 11.8 Å². The summed E-state index contributed by atoms with van der Waals surface area (Å²) < 4.78 is 0. The van der Waals surface area contributed by atoms with Crippen molar-refractivity contribution in [1.82, 2.24) is 9.88 Å². The van der Waals surface area contributed by atoms with Crippen LogP contribution in [-0.4, -0.2) is 39.9 Å². The van der Waals surface area contributed by atoms with Crippen molar-refractivity contribution in [3.8, 4) is 0 Å². The minimum atomic E-state index is 0.0730. The normalized spacial score (nSPS) is 26.2. The maximum absolute atomic E-state index is 5.18. The number of nitrogens with zero attached hydrogens (tertiary/aromatic N) is 4. The van der Waals surface area contributed by atoms with E-state index in [0.717, 1.165) is 17.9 Å². The molecule has 0 radical (unpaired) electrons. The van der Waals surface area contributed by atoms with Gasteiger partial charge in [-0.2, -0.15) is 0 Å². The number of benzene rings is 1. The number of amidine groups is 1. The molecule has 29 heavy (non-hydrogen) atoms. The molecule has 3 atom stereocenters. The fourth-order valence-electron chi connectivity index (χ4n) is 5.14. The standard InChI is InChI=1S/C24H30N4S/c1-4-18-15-29-24-26-22(20-9-5-6-12-25-20)23(28(18)24)19-10-11-21(17(3)16(19)2)27-13-7-8-14-27/h5-6,9-12,18,22-23H,4,7-8,13-15H2,1-3H3/t18-,22-,23+/m1/s1. The van der Waals surface area contributed by atoms with Crippen molar-refractivity contribution < 1.29 is 0 Å². The van der Waals surface area contributed by atoms with Gasteiger partial charge in [0, 0.05) is 36.8 Å². The van der Waals surface area contributed by atoms with Crippen LogP contribution < -0.4 is 4.90 Å². The average Bonchev–Trinajstić information content (AvgIpc) is 3.47. The van der Waals surface area contributed by atoms with Gasteiger partial charge in [0.15, 0.2) is 5.17 Å². The van der Waals surface area contributed by atoms with Crippen molar-refractivity contribution in [2.45, 2.75) is 58.2 Å². The number of aromatic nitrogens is 1. The maximum atomic E-state index is 5.18. The number of hydrogen-bond donors (Lipinski definition) is 0. The van der Waals surface area contributed by atoms with E-state index in [1.807, 2.05) is 24.0 Å². The molecule has 0 saturated carbocycles. The van der Waals surface area contributed by atoms with Crippen LogP contribution in [0.3, 0.4) is 0 Å². The first-order valence-corrected chi connectivity index (χ1v) is 11.9. The Labute approximate surface area is 178 Å². The third kappa shape index (κ3) is 3.14. The Balaban J connectivity index is 1.59. The van der Waals surface area contributed by atoms with Crippen LogP contribution in [-0.2, 0) is 0 Å². The van der Waals surface area contributed by atoms with E-state index in [0.29, 0.717) is 6.04 Å². The summed E-state index contributed by atoms with van der Waals surface area (Å²) in [4.78, 5) is 15.0. The number of aliphatic imine (C=N–C) groups is 1. The number of pyridine rings is 1. The first-order chi connectivity index (χ1) is 14.2. The highest BCUT2D eigenvalue weighted by molar-refractivity contribution is 8.14. The van der Waals surface area contributed by atoms with Crippen LogP contribution in [0.25, 0.3) is 0 Å². The molecular formula is C24H30N4S. The van der Waals surface area contributed by atoms with E-state index < -0.39 is 0 Å². The molecule has 5 heteroatoms. The maximum Gasteiger partial charge on any atom is 0.160 e. The van der Waals surface area contributed by atoms with Crippen molar-refractivity contribution in [2.75, 3.05) is 23.7 Å². The summed E-state index contributed by atoms with van der Waals surface area (Å²) >= 11 is 1.92. The molecule has 2 saturated heterocycles. The smallest absolute Gasteiger partial charge is 0.160 e. The lowest BCUT2D eigenvalue weighted by Gasteiger charge is -2.34. The van der Waals surface area contributed by atoms with Gasteiger partial charge in [-0.05, 0) is 68.0 Å². The largest absolute Gasteiger partial charge is 0.371 e. The Morgan fingerprint density at radius 3 is 2.62 bits per heavy atom. The Hall–Kier alpha value is -2.01. The van der Waals surface area contributed by atoms with Gasteiger partial charge < -0.3 is 9.80 Å². The van der Waals surface area contributed by atoms with Crippen LogP contribution in [0, 0.1) is 13.8 Å². The van der Waals surface area contributed by atoms with Gasteiger partial charge in [-0.3, -0.25) is 9.98 Å². The summed E-state index contributed by atoms with van der Waals surface area (Å²) in [5.41, 5.74) is 6.76. The summed E-state index contributed by atoms with van der Waals surface area (Å²) in [6.45, 7) is 9.28. The number of hydrogen-bond acceptors (Lipinski definition) is 5. The van der Waals surface area contributed by atoms with E-state index in [1.165, 1.54) is 53.5 Å². The molecule has 0 aliphatic carbocycles. The molecule has 3 aliphatic rings. The number of anilines is 1. The van der Waals surface area contributed by atoms with Crippen molar-refractivity contribution in [1.29, 1.82) is 0 Å². The molecule has 0 bridgehead atoms. The van der Waals surface area contributed by atoms with Gasteiger partial charge in [-0.25, -0.2) is 0 Å². The van der Waals surface area contributed by atoms with Gasteiger partial charge in [-0.15, -0.1) is 0 Å². The van der Waals surface area contributed by atoms with Gasteiger partial charge in [0.1, 0.15) is 6.04 Å². The Bertz CT molecular complexity index is 920. The first-order valence-electron chi connectivity index (χ1n) is 10.9. The number of rotatable bonds is 4. The quantitative estimate of drug-likeness (QED) is 0.691. The van der Waals surface area contributed by atoms with Gasteiger partial charge in [-0.1, -0.05) is 30.8 Å². The molecule has 152 valence electrons. The van der Waals surface area contributed by atoms with E-state index in [9.17, 15) is 0 Å². The molecule has 1 aromatic carbocycles. The van der Waals surface area contributed by atoms with Gasteiger partial charge in [0.2, 0.25) is 0 Å². The van der Waals surface area contributed by atoms with Crippen LogP contribution in [0.1, 0.15) is 60.7 Å². The summed E-state index contributed by atoms with van der Waals surface area (Å²) in [7, 11) is 0. The number of thioether (sulfide) groups is 1. The summed E-state index contributed by atoms with van der Waals surface area (Å²) in [6, 6.07) is 11.8. The second-order valence-corrected chi connectivity index (χ2v) is 9.44. The predicted molar refractivity (Wildman–Crippen MR) is 123 cm³/mol. The molecule has 0 spiro atoms. The highest BCUT2D eigenvalue weighted by atomic mass is 32.2. The SMILES string of the molecule is CC[C@@H]1CSC2=N[C@H](c3ccccn3)[C@H](c3ccc(N4CCCC4)c(C)c3C)N21. The minimum absolute atomic E-state index is 0.0730. The molecule has 1 aromatic heterocycles. The fraction of sp³-hybridized carbons (Fsp3) is 0.500. The second-order valence-electron chi connectivity index (χ2n) is 8.45. The Morgan fingerprint density at radius 1 is 1.07 bits per heavy atom. The van der Waals surface area contributed by atoms with E-state index in [4.69, 9.17) is 9.98 Å². The summed E-state index contributed by atoms with van der Waals surface area (Å²) in [5.74, 6) is 1.14. The Kier molecular flexibility index (Phi) is 5.02. The lowest BCUT2D eigenvalue weighted by Crippen LogP contribution is -2.35. The molecule has 2 fully saturated rings. The topological polar surface area (TPSA) is 31.7 Å². The zero-order valence-electron chi connectivity index (χ0n) is 17.6. The van der Waals surface area contributed by atoms with Crippen molar-refractivity contribution in [3.63, 3.8) is 0 Å². The number of fused-ring (bicyclic) bond motifs is 1. The zero-order chi connectivity index (χ0) is 20.0. The van der Waals surface area contributed by atoms with Crippen molar-refractivity contribution in [3.05, 3.63) is 58.9 Å². The van der Waals surface area contributed by atoms with Crippen LogP contribution in [0.4, 0.5) is 5.69 Å². The molecule has 4 nitrogen and oxygen atoms in total. The molecule has 2 aromatic rings. The lowest BCUT2D eigenvalue weighted by molar-refractivity contribution is 0.254. The second kappa shape index (κ2) is 7.67. The third-order valence-electron chi connectivity index (χ3n) is 6.90. The van der Waals surface area contributed by atoms with Crippen molar-refractivity contribution in [2.24, 2.45) is 4.99 Å². The van der Waals surface area contributed by atoms with E-state index in [2.05, 4.69) is 54.8 Å². The van der Waals surface area contributed by atoms with Gasteiger partial charge in [0.05, 0.1) is 11.7 Å². The highest BCUT2D eigenvalue weighted by Gasteiger charge is 2.46. The molecular weight excluding hydrogens is 376 g/mol. The fourth-order valence-corrected chi connectivity index (χ4v) is 6.47. The van der Waals surface area contributed by atoms with E-state index in [-0.39, 0.29) is 12.1 Å². The van der Waals surface area contributed by atoms with E-state index >= 15 is 0 Å². The molecule has 0 amide bonds. The molecule has 4 heterocycles. The third-order valence-corrected chi connectivity index (χ3v) is 8.02. The molecule has 0 unspecified atom stereocenters. The highest BCUT2D eigenvalue weighted by Crippen LogP contribution is 2.50.